The first-order chi connectivity index (χ1) is 12.3. The lowest BCUT2D eigenvalue weighted by Crippen LogP contribution is -2.48. The maximum absolute atomic E-state index is 12.9. The average molecular weight is 375 g/mol. The van der Waals surface area contributed by atoms with Crippen molar-refractivity contribution in [2.45, 2.75) is 18.7 Å². The zero-order chi connectivity index (χ0) is 18.9. The number of benzene rings is 2. The lowest BCUT2D eigenvalue weighted by Gasteiger charge is -2.35. The molecule has 0 unspecified atom stereocenters. The van der Waals surface area contributed by atoms with Crippen LogP contribution in [-0.2, 0) is 10.0 Å². The molecule has 1 heterocycles. The molecule has 26 heavy (non-hydrogen) atoms. The summed E-state index contributed by atoms with van der Waals surface area (Å²) in [4.78, 5) is 12.7. The normalized spacial score (nSPS) is 15.8. The molecule has 1 aliphatic heterocycles. The van der Waals surface area contributed by atoms with E-state index in [2.05, 4.69) is 0 Å². The molecule has 0 atom stereocenters. The molecule has 0 spiro atoms. The van der Waals surface area contributed by atoms with Crippen molar-refractivity contribution in [1.82, 2.24) is 4.31 Å². The summed E-state index contributed by atoms with van der Waals surface area (Å²) in [6.07, 6.45) is 0. The van der Waals surface area contributed by atoms with Crippen molar-refractivity contribution in [1.29, 1.82) is 0 Å². The molecule has 8 heteroatoms. The van der Waals surface area contributed by atoms with Crippen LogP contribution in [0.5, 0.6) is 0 Å². The minimum absolute atomic E-state index is 0.0461. The van der Waals surface area contributed by atoms with Crippen LogP contribution in [0, 0.1) is 24.0 Å². The number of non-ortho nitro benzene ring substituents is 1. The first-order valence-corrected chi connectivity index (χ1v) is 9.80. The fourth-order valence-electron chi connectivity index (χ4n) is 3.20. The van der Waals surface area contributed by atoms with Crippen molar-refractivity contribution in [2.75, 3.05) is 31.1 Å². The number of rotatable bonds is 4. The quantitative estimate of drug-likeness (QED) is 0.606. The first kappa shape index (κ1) is 18.3. The number of nitro benzene ring substituents is 1. The van der Waals surface area contributed by atoms with Gasteiger partial charge in [0.05, 0.1) is 9.82 Å². The molecule has 2 aromatic rings. The zero-order valence-electron chi connectivity index (χ0n) is 14.8. The fraction of sp³-hybridized carbons (Fsp3) is 0.333. The van der Waals surface area contributed by atoms with Crippen molar-refractivity contribution in [3.63, 3.8) is 0 Å². The molecule has 1 aliphatic rings. The van der Waals surface area contributed by atoms with E-state index < -0.39 is 14.9 Å². The van der Waals surface area contributed by atoms with Crippen molar-refractivity contribution in [2.24, 2.45) is 0 Å². The molecule has 0 aliphatic carbocycles. The summed E-state index contributed by atoms with van der Waals surface area (Å²) < 4.78 is 27.3. The monoisotopic (exact) mass is 375 g/mol. The Morgan fingerprint density at radius 2 is 1.58 bits per heavy atom. The third-order valence-corrected chi connectivity index (χ3v) is 6.67. The van der Waals surface area contributed by atoms with Gasteiger partial charge in [0.25, 0.3) is 5.69 Å². The van der Waals surface area contributed by atoms with Gasteiger partial charge in [-0.05, 0) is 37.6 Å². The van der Waals surface area contributed by atoms with E-state index in [1.165, 1.54) is 16.4 Å². The number of anilines is 1. The SMILES string of the molecule is Cc1ccc(S(=O)(=O)N2CCN(c3ccc([N+](=O)[O-])cc3)CC2)c(C)c1. The van der Waals surface area contributed by atoms with E-state index in [1.807, 2.05) is 30.9 Å². The van der Waals surface area contributed by atoms with E-state index in [9.17, 15) is 18.5 Å². The summed E-state index contributed by atoms with van der Waals surface area (Å²) >= 11 is 0. The van der Waals surface area contributed by atoms with E-state index >= 15 is 0 Å². The van der Waals surface area contributed by atoms with Gasteiger partial charge in [-0.1, -0.05) is 17.7 Å². The molecule has 1 saturated heterocycles. The van der Waals surface area contributed by atoms with Crippen molar-refractivity contribution in [3.8, 4) is 0 Å². The number of sulfonamides is 1. The number of nitrogens with zero attached hydrogens (tertiary/aromatic N) is 3. The Morgan fingerprint density at radius 1 is 0.962 bits per heavy atom. The van der Waals surface area contributed by atoms with Gasteiger partial charge in [0, 0.05) is 44.0 Å². The Morgan fingerprint density at radius 3 is 2.12 bits per heavy atom. The van der Waals surface area contributed by atoms with E-state index in [1.54, 1.807) is 18.2 Å². The molecule has 138 valence electrons. The van der Waals surface area contributed by atoms with Gasteiger partial charge in [0.1, 0.15) is 0 Å². The van der Waals surface area contributed by atoms with Crippen LogP contribution in [0.1, 0.15) is 11.1 Å². The summed E-state index contributed by atoms with van der Waals surface area (Å²) in [5.41, 5.74) is 2.69. The minimum atomic E-state index is -3.52. The highest BCUT2D eigenvalue weighted by Gasteiger charge is 2.29. The maximum atomic E-state index is 12.9. The first-order valence-electron chi connectivity index (χ1n) is 8.36. The van der Waals surface area contributed by atoms with Crippen molar-refractivity contribution in [3.05, 3.63) is 63.7 Å². The Bertz CT molecular complexity index is 918. The number of nitro groups is 1. The van der Waals surface area contributed by atoms with Crippen LogP contribution in [0.4, 0.5) is 11.4 Å². The number of piperazine rings is 1. The van der Waals surface area contributed by atoms with E-state index in [0.29, 0.717) is 31.1 Å². The van der Waals surface area contributed by atoms with Crippen LogP contribution in [0.3, 0.4) is 0 Å². The van der Waals surface area contributed by atoms with Gasteiger partial charge < -0.3 is 4.90 Å². The van der Waals surface area contributed by atoms with E-state index in [-0.39, 0.29) is 5.69 Å². The molecule has 1 fully saturated rings. The van der Waals surface area contributed by atoms with Gasteiger partial charge in [0.2, 0.25) is 10.0 Å². The molecule has 0 saturated carbocycles. The highest BCUT2D eigenvalue weighted by molar-refractivity contribution is 7.89. The van der Waals surface area contributed by atoms with Gasteiger partial charge in [0.15, 0.2) is 0 Å². The van der Waals surface area contributed by atoms with Gasteiger partial charge in [-0.2, -0.15) is 4.31 Å². The molecular formula is C18H21N3O4S. The summed E-state index contributed by atoms with van der Waals surface area (Å²) in [5, 5.41) is 10.7. The summed E-state index contributed by atoms with van der Waals surface area (Å²) in [6.45, 7) is 5.60. The Kier molecular flexibility index (Phi) is 4.97. The number of hydrogen-bond donors (Lipinski definition) is 0. The maximum Gasteiger partial charge on any atom is 0.269 e. The predicted octanol–water partition coefficient (Wildman–Crippen LogP) is 2.72. The summed E-state index contributed by atoms with van der Waals surface area (Å²) in [7, 11) is -3.52. The number of aryl methyl sites for hydroxylation is 2. The molecule has 3 rings (SSSR count). The third kappa shape index (κ3) is 3.56. The van der Waals surface area contributed by atoms with Crippen molar-refractivity contribution < 1.29 is 13.3 Å². The smallest absolute Gasteiger partial charge is 0.269 e. The largest absolute Gasteiger partial charge is 0.369 e. The molecule has 7 nitrogen and oxygen atoms in total. The zero-order valence-corrected chi connectivity index (χ0v) is 15.6. The van der Waals surface area contributed by atoms with E-state index in [4.69, 9.17) is 0 Å². The van der Waals surface area contributed by atoms with Crippen molar-refractivity contribution >= 4 is 21.4 Å². The minimum Gasteiger partial charge on any atom is -0.369 e. The highest BCUT2D eigenvalue weighted by atomic mass is 32.2. The van der Waals surface area contributed by atoms with Crippen LogP contribution in [-0.4, -0.2) is 43.8 Å². The number of hydrogen-bond acceptors (Lipinski definition) is 5. The second-order valence-electron chi connectivity index (χ2n) is 6.43. The summed E-state index contributed by atoms with van der Waals surface area (Å²) in [6, 6.07) is 11.7. The third-order valence-electron chi connectivity index (χ3n) is 4.61. The standard InChI is InChI=1S/C18H21N3O4S/c1-14-3-8-18(15(2)13-14)26(24,25)20-11-9-19(10-12-20)16-4-6-17(7-5-16)21(22)23/h3-8,13H,9-12H2,1-2H3. The van der Waals surface area contributed by atoms with E-state index in [0.717, 1.165) is 16.8 Å². The Hall–Kier alpha value is -2.45. The Labute approximate surface area is 153 Å². The lowest BCUT2D eigenvalue weighted by molar-refractivity contribution is -0.384. The van der Waals surface area contributed by atoms with Crippen LogP contribution in [0.2, 0.25) is 0 Å². The van der Waals surface area contributed by atoms with Crippen LogP contribution in [0.25, 0.3) is 0 Å². The molecule has 0 radical (unpaired) electrons. The molecule has 0 N–H and O–H groups in total. The second-order valence-corrected chi connectivity index (χ2v) is 8.34. The van der Waals surface area contributed by atoms with Gasteiger partial charge >= 0.3 is 0 Å². The molecule has 0 aromatic heterocycles. The van der Waals surface area contributed by atoms with Crippen LogP contribution in [0.15, 0.2) is 47.4 Å². The van der Waals surface area contributed by atoms with Gasteiger partial charge in [-0.15, -0.1) is 0 Å². The van der Waals surface area contributed by atoms with Crippen LogP contribution >= 0.6 is 0 Å². The molecular weight excluding hydrogens is 354 g/mol. The average Bonchev–Trinajstić information content (AvgIpc) is 2.61. The predicted molar refractivity (Wildman–Crippen MR) is 100.0 cm³/mol. The second kappa shape index (κ2) is 7.05. The van der Waals surface area contributed by atoms with Crippen LogP contribution < -0.4 is 4.90 Å². The fourth-order valence-corrected chi connectivity index (χ4v) is 4.83. The van der Waals surface area contributed by atoms with Gasteiger partial charge in [-0.3, -0.25) is 10.1 Å². The topological polar surface area (TPSA) is 83.8 Å². The molecule has 2 aromatic carbocycles. The Balaban J connectivity index is 1.72. The molecule has 0 amide bonds. The van der Waals surface area contributed by atoms with Gasteiger partial charge in [-0.25, -0.2) is 8.42 Å². The lowest BCUT2D eigenvalue weighted by atomic mass is 10.2. The highest BCUT2D eigenvalue weighted by Crippen LogP contribution is 2.25. The molecule has 0 bridgehead atoms. The summed E-state index contributed by atoms with van der Waals surface area (Å²) in [5.74, 6) is 0.